The number of carbonyl (C=O) groups is 1. The van der Waals surface area contributed by atoms with Crippen molar-refractivity contribution in [2.75, 3.05) is 12.4 Å². The minimum Gasteiger partial charge on any atom is -0.322 e. The average Bonchev–Trinajstić information content (AvgIpc) is 2.49. The zero-order valence-corrected chi connectivity index (χ0v) is 14.6. The Kier molecular flexibility index (Phi) is 5.23. The summed E-state index contributed by atoms with van der Waals surface area (Å²) in [5.41, 5.74) is 0.794. The molecule has 0 bridgehead atoms. The fraction of sp³-hybridized carbons (Fsp3) is 0.0714. The van der Waals surface area contributed by atoms with Crippen LogP contribution in [0.3, 0.4) is 0 Å². The van der Waals surface area contributed by atoms with Crippen LogP contribution in [0.2, 0.25) is 5.02 Å². The predicted octanol–water partition coefficient (Wildman–Crippen LogP) is 3.26. The largest absolute Gasteiger partial charge is 0.322 e. The lowest BCUT2D eigenvalue weighted by Crippen LogP contribution is -2.20. The van der Waals surface area contributed by atoms with E-state index in [4.69, 9.17) is 11.6 Å². The van der Waals surface area contributed by atoms with Crippen molar-refractivity contribution in [2.45, 2.75) is 4.90 Å². The smallest absolute Gasteiger partial charge is 0.255 e. The molecule has 0 saturated carbocycles. The molecule has 0 unspecified atom stereocenters. The van der Waals surface area contributed by atoms with Crippen LogP contribution in [0.4, 0.5) is 5.69 Å². The predicted molar refractivity (Wildman–Crippen MR) is 89.8 cm³/mol. The zero-order valence-electron chi connectivity index (χ0n) is 11.4. The molecule has 0 aromatic heterocycles. The Morgan fingerprint density at radius 2 is 1.77 bits per heavy atom. The second-order valence-electron chi connectivity index (χ2n) is 4.31. The summed E-state index contributed by atoms with van der Waals surface area (Å²) in [7, 11) is -2.45. The molecule has 0 aliphatic heterocycles. The number of hydrogen-bond acceptors (Lipinski definition) is 3. The van der Waals surface area contributed by atoms with Crippen LogP contribution in [0.25, 0.3) is 0 Å². The lowest BCUT2D eigenvalue weighted by Gasteiger charge is -2.09. The topological polar surface area (TPSA) is 75.3 Å². The van der Waals surface area contributed by atoms with Gasteiger partial charge in [-0.15, -0.1) is 0 Å². The molecule has 0 spiro atoms. The van der Waals surface area contributed by atoms with Crippen molar-refractivity contribution in [3.8, 4) is 0 Å². The van der Waals surface area contributed by atoms with Gasteiger partial charge in [0.2, 0.25) is 10.0 Å². The first kappa shape index (κ1) is 17.0. The Balaban J connectivity index is 2.31. The van der Waals surface area contributed by atoms with Gasteiger partial charge in [-0.25, -0.2) is 13.1 Å². The second-order valence-corrected chi connectivity index (χ2v) is 7.49. The molecule has 116 valence electrons. The quantitative estimate of drug-likeness (QED) is 0.823. The van der Waals surface area contributed by atoms with E-state index in [-0.39, 0.29) is 15.5 Å². The first-order valence-corrected chi connectivity index (χ1v) is 8.79. The highest BCUT2D eigenvalue weighted by Gasteiger charge is 2.18. The van der Waals surface area contributed by atoms with E-state index in [1.165, 1.54) is 25.2 Å². The fourth-order valence-electron chi connectivity index (χ4n) is 1.70. The van der Waals surface area contributed by atoms with E-state index in [2.05, 4.69) is 26.0 Å². The number of hydrogen-bond donors (Lipinski definition) is 2. The van der Waals surface area contributed by atoms with E-state index in [1.54, 1.807) is 24.3 Å². The van der Waals surface area contributed by atoms with Gasteiger partial charge in [0.1, 0.15) is 4.90 Å². The van der Waals surface area contributed by atoms with Crippen LogP contribution in [0.1, 0.15) is 10.4 Å². The van der Waals surface area contributed by atoms with E-state index >= 15 is 0 Å². The molecular formula is C14H12BrClN2O3S. The van der Waals surface area contributed by atoms with Gasteiger partial charge in [-0.05, 0) is 49.5 Å². The third-order valence-corrected chi connectivity index (χ3v) is 5.28. The van der Waals surface area contributed by atoms with Crippen LogP contribution in [-0.4, -0.2) is 21.4 Å². The summed E-state index contributed by atoms with van der Waals surface area (Å²) >= 11 is 9.19. The molecule has 0 heterocycles. The number of benzene rings is 2. The minimum absolute atomic E-state index is 0.0505. The summed E-state index contributed by atoms with van der Waals surface area (Å²) < 4.78 is 26.8. The maximum absolute atomic E-state index is 12.2. The number of rotatable bonds is 4. The van der Waals surface area contributed by atoms with Crippen LogP contribution in [0.5, 0.6) is 0 Å². The molecule has 0 atom stereocenters. The third-order valence-electron chi connectivity index (χ3n) is 2.85. The van der Waals surface area contributed by atoms with E-state index in [0.717, 1.165) is 4.47 Å². The van der Waals surface area contributed by atoms with Gasteiger partial charge in [-0.2, -0.15) is 0 Å². The Morgan fingerprint density at radius 1 is 1.14 bits per heavy atom. The Morgan fingerprint density at radius 3 is 2.36 bits per heavy atom. The average molecular weight is 404 g/mol. The molecule has 2 aromatic carbocycles. The highest BCUT2D eigenvalue weighted by atomic mass is 79.9. The molecule has 0 aliphatic carbocycles. The number of nitrogens with one attached hydrogen (secondary N) is 2. The third kappa shape index (κ3) is 3.86. The van der Waals surface area contributed by atoms with Crippen LogP contribution < -0.4 is 10.0 Å². The van der Waals surface area contributed by atoms with Crippen molar-refractivity contribution >= 4 is 49.1 Å². The van der Waals surface area contributed by atoms with E-state index in [9.17, 15) is 13.2 Å². The maximum Gasteiger partial charge on any atom is 0.255 e. The zero-order chi connectivity index (χ0) is 16.3. The summed E-state index contributed by atoms with van der Waals surface area (Å²) in [6, 6.07) is 11.1. The van der Waals surface area contributed by atoms with E-state index < -0.39 is 15.9 Å². The monoisotopic (exact) mass is 402 g/mol. The molecule has 2 rings (SSSR count). The van der Waals surface area contributed by atoms with Gasteiger partial charge in [0.25, 0.3) is 5.91 Å². The van der Waals surface area contributed by atoms with Gasteiger partial charge in [0.15, 0.2) is 0 Å². The number of sulfonamides is 1. The Hall–Kier alpha value is -1.41. The molecular weight excluding hydrogens is 392 g/mol. The maximum atomic E-state index is 12.2. The standard InChI is InChI=1S/C14H12BrClN2O3S/c1-17-22(20,21)13-8-9(2-7-12(13)16)14(19)18-11-5-3-10(15)4-6-11/h2-8,17H,1H3,(H,18,19). The lowest BCUT2D eigenvalue weighted by molar-refractivity contribution is 0.102. The number of amides is 1. The summed E-state index contributed by atoms with van der Waals surface area (Å²) in [6.07, 6.45) is 0. The Labute approximate surface area is 141 Å². The van der Waals surface area contributed by atoms with E-state index in [1.807, 2.05) is 0 Å². The van der Waals surface area contributed by atoms with E-state index in [0.29, 0.717) is 5.69 Å². The molecule has 22 heavy (non-hydrogen) atoms. The molecule has 0 fully saturated rings. The summed E-state index contributed by atoms with van der Waals surface area (Å²) in [6.45, 7) is 0. The van der Waals surface area contributed by atoms with Crippen LogP contribution in [0, 0.1) is 0 Å². The fourth-order valence-corrected chi connectivity index (χ4v) is 3.21. The number of carbonyl (C=O) groups excluding carboxylic acids is 1. The van der Waals surface area contributed by atoms with Crippen LogP contribution in [0.15, 0.2) is 51.8 Å². The van der Waals surface area contributed by atoms with Crippen molar-refractivity contribution in [3.05, 3.63) is 57.5 Å². The van der Waals surface area contributed by atoms with Crippen molar-refractivity contribution in [3.63, 3.8) is 0 Å². The van der Waals surface area contributed by atoms with Gasteiger partial charge in [-0.1, -0.05) is 27.5 Å². The first-order chi connectivity index (χ1) is 10.3. The summed E-state index contributed by atoms with van der Waals surface area (Å²) in [5, 5.41) is 2.73. The van der Waals surface area contributed by atoms with Crippen molar-refractivity contribution < 1.29 is 13.2 Å². The molecule has 1 amide bonds. The van der Waals surface area contributed by atoms with Crippen molar-refractivity contribution in [1.29, 1.82) is 0 Å². The van der Waals surface area contributed by atoms with Gasteiger partial charge in [0, 0.05) is 15.7 Å². The molecule has 5 nitrogen and oxygen atoms in total. The minimum atomic E-state index is -3.73. The summed E-state index contributed by atoms with van der Waals surface area (Å²) in [5.74, 6) is -0.424. The van der Waals surface area contributed by atoms with Crippen molar-refractivity contribution in [1.82, 2.24) is 4.72 Å². The van der Waals surface area contributed by atoms with Gasteiger partial charge >= 0.3 is 0 Å². The van der Waals surface area contributed by atoms with Gasteiger partial charge in [0.05, 0.1) is 5.02 Å². The van der Waals surface area contributed by atoms with Gasteiger partial charge < -0.3 is 5.32 Å². The molecule has 2 N–H and O–H groups in total. The number of halogens is 2. The first-order valence-electron chi connectivity index (χ1n) is 6.13. The number of anilines is 1. The molecule has 0 saturated heterocycles. The highest BCUT2D eigenvalue weighted by molar-refractivity contribution is 9.10. The van der Waals surface area contributed by atoms with Crippen LogP contribution >= 0.6 is 27.5 Å². The highest BCUT2D eigenvalue weighted by Crippen LogP contribution is 2.23. The van der Waals surface area contributed by atoms with Crippen LogP contribution in [-0.2, 0) is 10.0 Å². The Bertz CT molecular complexity index is 807. The van der Waals surface area contributed by atoms with Crippen molar-refractivity contribution in [2.24, 2.45) is 0 Å². The van der Waals surface area contributed by atoms with Gasteiger partial charge in [-0.3, -0.25) is 4.79 Å². The molecule has 2 aromatic rings. The normalized spacial score (nSPS) is 11.2. The SMILES string of the molecule is CNS(=O)(=O)c1cc(C(=O)Nc2ccc(Br)cc2)ccc1Cl. The molecule has 0 aliphatic rings. The molecule has 8 heteroatoms. The molecule has 0 radical (unpaired) electrons. The second kappa shape index (κ2) is 6.78. The summed E-state index contributed by atoms with van der Waals surface area (Å²) in [4.78, 5) is 12.1. The lowest BCUT2D eigenvalue weighted by atomic mass is 10.2.